The van der Waals surface area contributed by atoms with E-state index in [1.165, 1.54) is 7.11 Å². The van der Waals surface area contributed by atoms with E-state index in [9.17, 15) is 4.79 Å². The molecular formula is C9H17N5O2. The molecule has 0 aliphatic heterocycles. The Bertz CT molecular complexity index is 334. The van der Waals surface area contributed by atoms with Crippen LogP contribution in [0.3, 0.4) is 0 Å². The second-order valence-electron chi connectivity index (χ2n) is 3.75. The van der Waals surface area contributed by atoms with Crippen LogP contribution in [0, 0.1) is 0 Å². The highest BCUT2D eigenvalue weighted by atomic mass is 16.5. The molecule has 0 bridgehead atoms. The highest BCUT2D eigenvalue weighted by Gasteiger charge is 2.32. The molecule has 0 aliphatic rings. The van der Waals surface area contributed by atoms with Gasteiger partial charge in [-0.25, -0.2) is 0 Å². The van der Waals surface area contributed by atoms with Gasteiger partial charge in [-0.1, -0.05) is 12.1 Å². The van der Waals surface area contributed by atoms with Crippen LogP contribution in [0.5, 0.6) is 0 Å². The monoisotopic (exact) mass is 227 g/mol. The van der Waals surface area contributed by atoms with E-state index in [2.05, 4.69) is 25.9 Å². The molecule has 2 unspecified atom stereocenters. The Labute approximate surface area is 93.9 Å². The number of aromatic nitrogens is 4. The van der Waals surface area contributed by atoms with Crippen LogP contribution in [-0.4, -0.2) is 39.2 Å². The zero-order valence-electron chi connectivity index (χ0n) is 9.94. The maximum absolute atomic E-state index is 11.9. The van der Waals surface area contributed by atoms with Gasteiger partial charge in [-0.2, -0.15) is 5.21 Å². The number of amides is 1. The Morgan fingerprint density at radius 1 is 1.69 bits per heavy atom. The van der Waals surface area contributed by atoms with E-state index in [-0.39, 0.29) is 11.9 Å². The summed E-state index contributed by atoms with van der Waals surface area (Å²) in [6.07, 6.45) is 0.592. The summed E-state index contributed by atoms with van der Waals surface area (Å²) in [4.78, 5) is 11.9. The minimum atomic E-state index is -0.821. The molecule has 0 aliphatic carbocycles. The van der Waals surface area contributed by atoms with Crippen LogP contribution < -0.4 is 5.32 Å². The fraction of sp³-hybridized carbons (Fsp3) is 0.778. The predicted octanol–water partition coefficient (Wildman–Crippen LogP) is 0.192. The number of ether oxygens (including phenoxy) is 1. The first-order valence-corrected chi connectivity index (χ1v) is 5.13. The molecule has 2 N–H and O–H groups in total. The smallest absolute Gasteiger partial charge is 0.252 e. The summed E-state index contributed by atoms with van der Waals surface area (Å²) in [5, 5.41) is 16.1. The summed E-state index contributed by atoms with van der Waals surface area (Å²) in [6, 6.07) is -0.299. The van der Waals surface area contributed by atoms with Gasteiger partial charge in [0.25, 0.3) is 5.91 Å². The maximum Gasteiger partial charge on any atom is 0.252 e. The third-order valence-corrected chi connectivity index (χ3v) is 2.70. The van der Waals surface area contributed by atoms with Gasteiger partial charge in [-0.05, 0) is 20.3 Å². The fourth-order valence-electron chi connectivity index (χ4n) is 1.16. The molecule has 1 aromatic heterocycles. The Hall–Kier alpha value is -1.50. The summed E-state index contributed by atoms with van der Waals surface area (Å²) < 4.78 is 5.19. The molecule has 7 nitrogen and oxygen atoms in total. The summed E-state index contributed by atoms with van der Waals surface area (Å²) in [5.74, 6) is 0.262. The van der Waals surface area contributed by atoms with Crippen LogP contribution in [-0.2, 0) is 9.53 Å². The molecule has 0 aromatic carbocycles. The SMILES string of the molecule is CCC(C)(OC)C(=O)NC(C)c1nn[nH]n1. The van der Waals surface area contributed by atoms with E-state index < -0.39 is 5.60 Å². The first kappa shape index (κ1) is 12.6. The maximum atomic E-state index is 11.9. The molecular weight excluding hydrogens is 210 g/mol. The van der Waals surface area contributed by atoms with Crippen molar-refractivity contribution in [3.63, 3.8) is 0 Å². The Morgan fingerprint density at radius 3 is 2.81 bits per heavy atom. The third-order valence-electron chi connectivity index (χ3n) is 2.70. The number of carbonyl (C=O) groups is 1. The van der Waals surface area contributed by atoms with Crippen molar-refractivity contribution in [1.82, 2.24) is 25.9 Å². The molecule has 0 saturated heterocycles. The summed E-state index contributed by atoms with van der Waals surface area (Å²) >= 11 is 0. The van der Waals surface area contributed by atoms with Crippen molar-refractivity contribution in [2.45, 2.75) is 38.8 Å². The number of methoxy groups -OCH3 is 1. The van der Waals surface area contributed by atoms with E-state index in [1.807, 2.05) is 6.92 Å². The molecule has 0 radical (unpaired) electrons. The van der Waals surface area contributed by atoms with E-state index in [0.717, 1.165) is 0 Å². The van der Waals surface area contributed by atoms with Gasteiger partial charge in [-0.15, -0.1) is 10.2 Å². The van der Waals surface area contributed by atoms with Crippen LogP contribution >= 0.6 is 0 Å². The van der Waals surface area contributed by atoms with Crippen molar-refractivity contribution in [3.8, 4) is 0 Å². The molecule has 16 heavy (non-hydrogen) atoms. The minimum absolute atomic E-state index is 0.185. The first-order chi connectivity index (χ1) is 7.53. The van der Waals surface area contributed by atoms with Crippen molar-refractivity contribution in [3.05, 3.63) is 5.82 Å². The van der Waals surface area contributed by atoms with Crippen molar-refractivity contribution in [2.75, 3.05) is 7.11 Å². The molecule has 0 saturated carbocycles. The van der Waals surface area contributed by atoms with Gasteiger partial charge in [0, 0.05) is 7.11 Å². The van der Waals surface area contributed by atoms with Gasteiger partial charge in [0.05, 0.1) is 6.04 Å². The summed E-state index contributed by atoms with van der Waals surface area (Å²) in [6.45, 7) is 5.42. The summed E-state index contributed by atoms with van der Waals surface area (Å²) in [7, 11) is 1.52. The molecule has 1 aromatic rings. The van der Waals surface area contributed by atoms with Crippen LogP contribution in [0.15, 0.2) is 0 Å². The highest BCUT2D eigenvalue weighted by Crippen LogP contribution is 2.16. The number of carbonyl (C=O) groups excluding carboxylic acids is 1. The van der Waals surface area contributed by atoms with Gasteiger partial charge in [0.15, 0.2) is 5.82 Å². The first-order valence-electron chi connectivity index (χ1n) is 5.13. The highest BCUT2D eigenvalue weighted by molar-refractivity contribution is 5.84. The zero-order valence-corrected chi connectivity index (χ0v) is 9.94. The molecule has 7 heteroatoms. The van der Waals surface area contributed by atoms with E-state index >= 15 is 0 Å². The van der Waals surface area contributed by atoms with Crippen molar-refractivity contribution in [2.24, 2.45) is 0 Å². The van der Waals surface area contributed by atoms with Gasteiger partial charge in [-0.3, -0.25) is 4.79 Å². The second kappa shape index (κ2) is 5.02. The average molecular weight is 227 g/mol. The Kier molecular flexibility index (Phi) is 3.94. The third kappa shape index (κ3) is 2.54. The largest absolute Gasteiger partial charge is 0.369 e. The Balaban J connectivity index is 2.64. The topological polar surface area (TPSA) is 92.8 Å². The van der Waals surface area contributed by atoms with Gasteiger partial charge in [0.1, 0.15) is 5.60 Å². The minimum Gasteiger partial charge on any atom is -0.369 e. The number of H-pyrrole nitrogens is 1. The lowest BCUT2D eigenvalue weighted by molar-refractivity contribution is -0.142. The van der Waals surface area contributed by atoms with E-state index in [0.29, 0.717) is 12.2 Å². The molecule has 1 amide bonds. The number of hydrogen-bond donors (Lipinski definition) is 2. The van der Waals surface area contributed by atoms with Gasteiger partial charge in [0.2, 0.25) is 0 Å². The molecule has 0 fully saturated rings. The molecule has 2 atom stereocenters. The Morgan fingerprint density at radius 2 is 2.38 bits per heavy atom. The lowest BCUT2D eigenvalue weighted by Gasteiger charge is -2.26. The van der Waals surface area contributed by atoms with Gasteiger partial charge < -0.3 is 10.1 Å². The molecule has 1 heterocycles. The van der Waals surface area contributed by atoms with Crippen molar-refractivity contribution in [1.29, 1.82) is 0 Å². The van der Waals surface area contributed by atoms with E-state index in [4.69, 9.17) is 4.74 Å². The number of nitrogens with zero attached hydrogens (tertiary/aromatic N) is 3. The number of aromatic amines is 1. The quantitative estimate of drug-likeness (QED) is 0.749. The number of hydrogen-bond acceptors (Lipinski definition) is 5. The molecule has 90 valence electrons. The van der Waals surface area contributed by atoms with Crippen LogP contribution in [0.4, 0.5) is 0 Å². The molecule has 0 spiro atoms. The average Bonchev–Trinajstić information content (AvgIpc) is 2.81. The number of rotatable bonds is 5. The molecule has 1 rings (SSSR count). The van der Waals surface area contributed by atoms with Gasteiger partial charge >= 0.3 is 0 Å². The van der Waals surface area contributed by atoms with E-state index in [1.54, 1.807) is 13.8 Å². The summed E-state index contributed by atoms with van der Waals surface area (Å²) in [5.41, 5.74) is -0.821. The van der Waals surface area contributed by atoms with Crippen LogP contribution in [0.2, 0.25) is 0 Å². The lowest BCUT2D eigenvalue weighted by atomic mass is 10.0. The number of tetrazole rings is 1. The number of nitrogens with one attached hydrogen (secondary N) is 2. The van der Waals surface area contributed by atoms with Crippen molar-refractivity contribution < 1.29 is 9.53 Å². The van der Waals surface area contributed by atoms with Crippen LogP contribution in [0.25, 0.3) is 0 Å². The fourth-order valence-corrected chi connectivity index (χ4v) is 1.16. The standard InChI is InChI=1S/C9H17N5O2/c1-5-9(3,16-4)8(15)10-6(2)7-11-13-14-12-7/h6H,5H2,1-4H3,(H,10,15)(H,11,12,13,14). The predicted molar refractivity (Wildman–Crippen MR) is 56.4 cm³/mol. The van der Waals surface area contributed by atoms with Crippen molar-refractivity contribution >= 4 is 5.91 Å². The lowest BCUT2D eigenvalue weighted by Crippen LogP contribution is -2.46. The second-order valence-corrected chi connectivity index (χ2v) is 3.75. The normalized spacial score (nSPS) is 16.5. The zero-order chi connectivity index (χ0) is 12.2. The van der Waals surface area contributed by atoms with Crippen LogP contribution in [0.1, 0.15) is 39.1 Å².